The second kappa shape index (κ2) is 9.43. The van der Waals surface area contributed by atoms with Crippen molar-refractivity contribution in [3.63, 3.8) is 0 Å². The number of esters is 1. The number of fused-ring (bicyclic) bond motifs is 9. The summed E-state index contributed by atoms with van der Waals surface area (Å²) in [5, 5.41) is 0. The predicted octanol–water partition coefficient (Wildman–Crippen LogP) is 8.86. The molecule has 0 aliphatic heterocycles. The molecule has 1 aromatic heterocycles. The molecular formula is C39H58N2O2. The molecule has 2 N–H and O–H groups in total. The fraction of sp³-hybridized carbons (Fsp3) is 0.795. The molecular weight excluding hydrogens is 528 g/mol. The van der Waals surface area contributed by atoms with E-state index in [1.165, 1.54) is 51.4 Å². The Morgan fingerprint density at radius 3 is 2.44 bits per heavy atom. The number of hydrogen-bond acceptors (Lipinski definition) is 4. The molecule has 0 amide bonds. The van der Waals surface area contributed by atoms with E-state index in [1.807, 2.05) is 12.1 Å². The molecule has 6 aliphatic carbocycles. The largest absolute Gasteiger partial charge is 0.458 e. The molecule has 0 saturated heterocycles. The van der Waals surface area contributed by atoms with E-state index in [9.17, 15) is 4.79 Å². The van der Waals surface area contributed by atoms with E-state index < -0.39 is 0 Å². The van der Waals surface area contributed by atoms with E-state index in [0.717, 1.165) is 18.9 Å². The maximum Gasteiger partial charge on any atom is 0.339 e. The summed E-state index contributed by atoms with van der Waals surface area (Å²) in [5.41, 5.74) is 10.3. The molecule has 4 nitrogen and oxygen atoms in total. The summed E-state index contributed by atoms with van der Waals surface area (Å²) in [7, 11) is 0. The molecule has 2 unspecified atom stereocenters. The number of rotatable bonds is 3. The summed E-state index contributed by atoms with van der Waals surface area (Å²) in [6.07, 6.45) is 17.3. The third kappa shape index (κ3) is 3.77. The summed E-state index contributed by atoms with van der Waals surface area (Å²) in [6.45, 7) is 21.2. The monoisotopic (exact) mass is 586 g/mol. The van der Waals surface area contributed by atoms with Gasteiger partial charge in [0.05, 0.1) is 5.56 Å². The van der Waals surface area contributed by atoms with Crippen LogP contribution in [0.2, 0.25) is 0 Å². The lowest BCUT2D eigenvalue weighted by Crippen LogP contribution is -2.72. The van der Waals surface area contributed by atoms with Crippen LogP contribution in [-0.2, 0) is 4.74 Å². The minimum atomic E-state index is -0.202. The van der Waals surface area contributed by atoms with Gasteiger partial charge in [-0.05, 0) is 139 Å². The van der Waals surface area contributed by atoms with Crippen molar-refractivity contribution >= 4 is 5.97 Å². The van der Waals surface area contributed by atoms with E-state index in [4.69, 9.17) is 10.5 Å². The average Bonchev–Trinajstić information content (AvgIpc) is 2.94. The Bertz CT molecular complexity index is 1320. The van der Waals surface area contributed by atoms with Crippen molar-refractivity contribution in [2.24, 2.45) is 73.7 Å². The topological polar surface area (TPSA) is 65.2 Å². The van der Waals surface area contributed by atoms with Gasteiger partial charge in [-0.25, -0.2) is 4.79 Å². The second-order valence-corrected chi connectivity index (χ2v) is 18.3. The Morgan fingerprint density at radius 2 is 1.77 bits per heavy atom. The summed E-state index contributed by atoms with van der Waals surface area (Å²) in [6, 6.07) is 3.68. The molecule has 12 atom stereocenters. The molecule has 0 radical (unpaired) electrons. The lowest BCUT2D eigenvalue weighted by molar-refractivity contribution is -0.286. The van der Waals surface area contributed by atoms with Crippen LogP contribution >= 0.6 is 0 Å². The van der Waals surface area contributed by atoms with E-state index in [-0.39, 0.29) is 44.6 Å². The number of nitrogens with zero attached hydrogens (tertiary/aromatic N) is 1. The van der Waals surface area contributed by atoms with E-state index in [2.05, 4.69) is 66.4 Å². The first-order chi connectivity index (χ1) is 20.2. The minimum Gasteiger partial charge on any atom is -0.458 e. The molecule has 7 rings (SSSR count). The highest BCUT2D eigenvalue weighted by molar-refractivity contribution is 5.89. The first kappa shape index (κ1) is 30.0. The minimum absolute atomic E-state index is 0.0568. The van der Waals surface area contributed by atoms with Crippen LogP contribution < -0.4 is 5.73 Å². The van der Waals surface area contributed by atoms with Gasteiger partial charge >= 0.3 is 5.97 Å². The molecule has 1 aromatic rings. The molecule has 5 fully saturated rings. The van der Waals surface area contributed by atoms with Gasteiger partial charge in [-0.2, -0.15) is 0 Å². The zero-order chi connectivity index (χ0) is 30.8. The maximum atomic E-state index is 13.5. The van der Waals surface area contributed by atoms with Crippen LogP contribution in [0.3, 0.4) is 0 Å². The van der Waals surface area contributed by atoms with Gasteiger partial charge in [-0.1, -0.05) is 67.0 Å². The van der Waals surface area contributed by atoms with E-state index in [1.54, 1.807) is 18.0 Å². The third-order valence-corrected chi connectivity index (χ3v) is 16.2. The summed E-state index contributed by atoms with van der Waals surface area (Å²) in [5.74, 6) is 3.54. The summed E-state index contributed by atoms with van der Waals surface area (Å²) in [4.78, 5) is 17.7. The SMILES string of the molecule is C[C@H]1[C@H](C)CC[C@]2(CN)CC[C@]3(C)C(=CC[C@@H]4[C@@]5(C)C[C@H](OC(=O)c6cccnc6)C6C(C)(C)CC6(C)[C@@H]5CC[C@]43C)[C@H]12. The van der Waals surface area contributed by atoms with Gasteiger partial charge in [0.2, 0.25) is 0 Å². The molecule has 5 saturated carbocycles. The van der Waals surface area contributed by atoms with E-state index in [0.29, 0.717) is 35.2 Å². The van der Waals surface area contributed by atoms with Gasteiger partial charge in [0, 0.05) is 18.3 Å². The standard InChI is InChI=1S/C39H58N2O2/c1-24-13-16-39(23-40)18-17-37(7)27(31(39)25(24)2)11-12-30-35(5)20-28(43-33(42)26-10-9-19-41-21-26)32-34(3,4)22-36(32,6)29(35)14-15-38(30,37)8/h9-11,19,21,24-25,28-32H,12-18,20,22-23,40H2,1-8H3/t24-,25+,28+,29-,30-,31+,32?,35+,36?,37-,38-,39-/m1/s1. The second-order valence-electron chi connectivity index (χ2n) is 18.3. The normalized spacial score (nSPS) is 51.3. The van der Waals surface area contributed by atoms with Crippen molar-refractivity contribution in [3.05, 3.63) is 41.7 Å². The lowest BCUT2D eigenvalue weighted by Gasteiger charge is -2.76. The number of aromatic nitrogens is 1. The Kier molecular flexibility index (Phi) is 6.58. The van der Waals surface area contributed by atoms with Crippen molar-refractivity contribution in [3.8, 4) is 0 Å². The van der Waals surface area contributed by atoms with Crippen LogP contribution in [0.4, 0.5) is 0 Å². The van der Waals surface area contributed by atoms with Crippen molar-refractivity contribution in [2.75, 3.05) is 6.54 Å². The lowest BCUT2D eigenvalue weighted by atomic mass is 9.28. The van der Waals surface area contributed by atoms with Crippen molar-refractivity contribution < 1.29 is 9.53 Å². The van der Waals surface area contributed by atoms with Crippen LogP contribution in [-0.4, -0.2) is 23.6 Å². The van der Waals surface area contributed by atoms with E-state index >= 15 is 0 Å². The highest BCUT2D eigenvalue weighted by Gasteiger charge is 2.74. The molecule has 6 aliphatic rings. The zero-order valence-electron chi connectivity index (χ0n) is 28.3. The van der Waals surface area contributed by atoms with Gasteiger partial charge in [0.1, 0.15) is 6.10 Å². The molecule has 4 heteroatoms. The Morgan fingerprint density at radius 1 is 1.00 bits per heavy atom. The number of carbonyl (C=O) groups excluding carboxylic acids is 1. The Balaban J connectivity index is 1.28. The first-order valence-electron chi connectivity index (χ1n) is 17.7. The number of ether oxygens (including phenoxy) is 1. The van der Waals surface area contributed by atoms with Crippen LogP contribution in [0.1, 0.15) is 124 Å². The number of carbonyl (C=O) groups is 1. The van der Waals surface area contributed by atoms with Gasteiger partial charge in [0.15, 0.2) is 0 Å². The van der Waals surface area contributed by atoms with Gasteiger partial charge in [0.25, 0.3) is 0 Å². The fourth-order valence-electron chi connectivity index (χ4n) is 14.3. The fourth-order valence-corrected chi connectivity index (χ4v) is 14.3. The molecule has 43 heavy (non-hydrogen) atoms. The van der Waals surface area contributed by atoms with Gasteiger partial charge in [-0.15, -0.1) is 0 Å². The number of pyridine rings is 1. The zero-order valence-corrected chi connectivity index (χ0v) is 28.3. The molecule has 0 spiro atoms. The quantitative estimate of drug-likeness (QED) is 0.284. The van der Waals surface area contributed by atoms with Crippen molar-refractivity contribution in [2.45, 2.75) is 119 Å². The van der Waals surface area contributed by atoms with Crippen LogP contribution in [0.15, 0.2) is 36.2 Å². The summed E-state index contributed by atoms with van der Waals surface area (Å²) < 4.78 is 6.59. The van der Waals surface area contributed by atoms with Crippen LogP contribution in [0, 0.1) is 68.0 Å². The molecule has 1 heterocycles. The number of allylic oxidation sites excluding steroid dienone is 2. The smallest absolute Gasteiger partial charge is 0.339 e. The van der Waals surface area contributed by atoms with Gasteiger partial charge < -0.3 is 10.5 Å². The van der Waals surface area contributed by atoms with Crippen molar-refractivity contribution in [1.29, 1.82) is 0 Å². The number of nitrogens with two attached hydrogens (primary N) is 1. The molecule has 236 valence electrons. The third-order valence-electron chi connectivity index (χ3n) is 16.2. The number of hydrogen-bond donors (Lipinski definition) is 1. The first-order valence-corrected chi connectivity index (χ1v) is 17.7. The maximum absolute atomic E-state index is 13.5. The van der Waals surface area contributed by atoms with Crippen LogP contribution in [0.25, 0.3) is 0 Å². The summed E-state index contributed by atoms with van der Waals surface area (Å²) >= 11 is 0. The highest BCUT2D eigenvalue weighted by Crippen LogP contribution is 2.80. The Labute approximate surface area is 261 Å². The average molecular weight is 587 g/mol. The highest BCUT2D eigenvalue weighted by atomic mass is 16.5. The molecule has 0 bridgehead atoms. The molecule has 0 aromatic carbocycles. The van der Waals surface area contributed by atoms with Crippen molar-refractivity contribution in [1.82, 2.24) is 4.98 Å². The Hall–Kier alpha value is -1.68. The van der Waals surface area contributed by atoms with Gasteiger partial charge in [-0.3, -0.25) is 4.98 Å². The predicted molar refractivity (Wildman–Crippen MR) is 173 cm³/mol. The van der Waals surface area contributed by atoms with Crippen LogP contribution in [0.5, 0.6) is 0 Å².